The first-order chi connectivity index (χ1) is 10.2. The minimum atomic E-state index is 0. The molecule has 0 saturated heterocycles. The Balaban J connectivity index is 0.00000176. The number of furan rings is 1. The smallest absolute Gasteiger partial charge is 0.193 e. The number of aryl methyl sites for hydroxylation is 1. The molecule has 114 valence electrons. The molecule has 0 amide bonds. The number of halogens is 1. The van der Waals surface area contributed by atoms with Gasteiger partial charge in [0.25, 0.3) is 0 Å². The summed E-state index contributed by atoms with van der Waals surface area (Å²) in [7, 11) is 0. The summed E-state index contributed by atoms with van der Waals surface area (Å²) in [6.45, 7) is 2.46. The van der Waals surface area contributed by atoms with Gasteiger partial charge in [0.2, 0.25) is 0 Å². The van der Waals surface area contributed by atoms with Gasteiger partial charge in [0.05, 0.1) is 0 Å². The van der Waals surface area contributed by atoms with E-state index < -0.39 is 0 Å². The first-order valence-electron chi connectivity index (χ1n) is 6.83. The van der Waals surface area contributed by atoms with Crippen LogP contribution in [0.3, 0.4) is 0 Å². The second-order valence-electron chi connectivity index (χ2n) is 4.84. The number of nitrogens with two attached hydrogens (primary N) is 1. The van der Waals surface area contributed by atoms with Crippen LogP contribution in [0, 0.1) is 6.92 Å². The summed E-state index contributed by atoms with van der Waals surface area (Å²) in [5.74, 6) is 1.22. The molecule has 2 aromatic carbocycles. The maximum absolute atomic E-state index is 5.90. The van der Waals surface area contributed by atoms with E-state index in [4.69, 9.17) is 10.2 Å². The Morgan fingerprint density at radius 3 is 2.50 bits per heavy atom. The van der Waals surface area contributed by atoms with Gasteiger partial charge in [-0.05, 0) is 25.1 Å². The summed E-state index contributed by atoms with van der Waals surface area (Å²) in [6.07, 6.45) is 0. The third kappa shape index (κ3) is 3.59. The Hall–Kier alpha value is -2.02. The highest BCUT2D eigenvalue weighted by atomic mass is 127. The van der Waals surface area contributed by atoms with E-state index in [-0.39, 0.29) is 24.0 Å². The first kappa shape index (κ1) is 16.4. The molecule has 3 rings (SSSR count). The molecule has 22 heavy (non-hydrogen) atoms. The number of rotatable bonds is 3. The number of hydrogen-bond acceptors (Lipinski definition) is 2. The lowest BCUT2D eigenvalue weighted by Gasteiger charge is -2.04. The van der Waals surface area contributed by atoms with Crippen LogP contribution in [0.5, 0.6) is 0 Å². The van der Waals surface area contributed by atoms with Gasteiger partial charge in [-0.15, -0.1) is 24.0 Å². The number of nitrogens with zero attached hydrogens (tertiary/aromatic N) is 1. The van der Waals surface area contributed by atoms with Crippen molar-refractivity contribution in [2.75, 3.05) is 5.32 Å². The zero-order valence-electron chi connectivity index (χ0n) is 12.2. The quantitative estimate of drug-likeness (QED) is 0.387. The summed E-state index contributed by atoms with van der Waals surface area (Å²) in [6, 6.07) is 17.7. The molecule has 1 heterocycles. The lowest BCUT2D eigenvalue weighted by atomic mass is 10.1. The standard InChI is InChI=1S/C17H17N3O.HI/c1-12-14-9-5-6-10-15(14)21-16(12)11-19-17(18)20-13-7-3-2-4-8-13;/h2-10H,11H2,1H3,(H3,18,19,20);1H. The molecular formula is C17H18IN3O. The maximum atomic E-state index is 5.90. The van der Waals surface area contributed by atoms with Crippen molar-refractivity contribution < 1.29 is 4.42 Å². The van der Waals surface area contributed by atoms with Crippen LogP contribution in [-0.4, -0.2) is 5.96 Å². The number of nitrogens with one attached hydrogen (secondary N) is 1. The predicted molar refractivity (Wildman–Crippen MR) is 102 cm³/mol. The summed E-state index contributed by atoms with van der Waals surface area (Å²) >= 11 is 0. The van der Waals surface area contributed by atoms with E-state index in [1.165, 1.54) is 0 Å². The number of benzene rings is 2. The van der Waals surface area contributed by atoms with Crippen molar-refractivity contribution >= 4 is 46.6 Å². The van der Waals surface area contributed by atoms with Crippen molar-refractivity contribution in [3.8, 4) is 0 Å². The lowest BCUT2D eigenvalue weighted by Crippen LogP contribution is -2.22. The van der Waals surface area contributed by atoms with Gasteiger partial charge in [-0.3, -0.25) is 0 Å². The largest absolute Gasteiger partial charge is 0.459 e. The summed E-state index contributed by atoms with van der Waals surface area (Å²) < 4.78 is 5.81. The molecule has 0 spiro atoms. The van der Waals surface area contributed by atoms with E-state index in [0.29, 0.717) is 12.5 Å². The fourth-order valence-electron chi connectivity index (χ4n) is 2.24. The van der Waals surface area contributed by atoms with Gasteiger partial charge in [-0.2, -0.15) is 0 Å². The summed E-state index contributed by atoms with van der Waals surface area (Å²) in [5.41, 5.74) is 8.81. The van der Waals surface area contributed by atoms with Crippen LogP contribution in [0.25, 0.3) is 11.0 Å². The molecule has 0 bridgehead atoms. The highest BCUT2D eigenvalue weighted by molar-refractivity contribution is 14.0. The van der Waals surface area contributed by atoms with Crippen LogP contribution in [-0.2, 0) is 6.54 Å². The molecule has 5 heteroatoms. The Bertz CT molecular complexity index is 781. The maximum Gasteiger partial charge on any atom is 0.193 e. The zero-order chi connectivity index (χ0) is 14.7. The van der Waals surface area contributed by atoms with Crippen molar-refractivity contribution in [2.45, 2.75) is 13.5 Å². The van der Waals surface area contributed by atoms with Crippen molar-refractivity contribution in [3.05, 3.63) is 65.9 Å². The fourth-order valence-corrected chi connectivity index (χ4v) is 2.24. The number of aliphatic imine (C=N–C) groups is 1. The second kappa shape index (κ2) is 7.31. The molecule has 0 fully saturated rings. The molecule has 0 radical (unpaired) electrons. The van der Waals surface area contributed by atoms with Gasteiger partial charge >= 0.3 is 0 Å². The van der Waals surface area contributed by atoms with Crippen LogP contribution < -0.4 is 11.1 Å². The molecule has 4 nitrogen and oxygen atoms in total. The minimum absolute atomic E-state index is 0. The molecule has 0 aliphatic rings. The van der Waals surface area contributed by atoms with Gasteiger partial charge in [0.1, 0.15) is 17.9 Å². The zero-order valence-corrected chi connectivity index (χ0v) is 14.6. The topological polar surface area (TPSA) is 63.5 Å². The van der Waals surface area contributed by atoms with E-state index in [2.05, 4.69) is 10.3 Å². The van der Waals surface area contributed by atoms with E-state index in [0.717, 1.165) is 28.0 Å². The van der Waals surface area contributed by atoms with Crippen molar-refractivity contribution in [1.29, 1.82) is 0 Å². The molecule has 0 saturated carbocycles. The van der Waals surface area contributed by atoms with Crippen LogP contribution in [0.4, 0.5) is 5.69 Å². The van der Waals surface area contributed by atoms with Gasteiger partial charge < -0.3 is 15.5 Å². The molecule has 3 aromatic rings. The van der Waals surface area contributed by atoms with Crippen molar-refractivity contribution in [1.82, 2.24) is 0 Å². The normalized spacial score (nSPS) is 11.2. The van der Waals surface area contributed by atoms with Crippen LogP contribution in [0.2, 0.25) is 0 Å². The van der Waals surface area contributed by atoms with Gasteiger partial charge in [-0.25, -0.2) is 4.99 Å². The molecule has 0 unspecified atom stereocenters. The Morgan fingerprint density at radius 1 is 1.09 bits per heavy atom. The molecular weight excluding hydrogens is 389 g/mol. The summed E-state index contributed by atoms with van der Waals surface area (Å²) in [5, 5.41) is 4.17. The Morgan fingerprint density at radius 2 is 1.77 bits per heavy atom. The Labute approximate surface area is 146 Å². The molecule has 1 aromatic heterocycles. The second-order valence-corrected chi connectivity index (χ2v) is 4.84. The number of fused-ring (bicyclic) bond motifs is 1. The number of hydrogen-bond donors (Lipinski definition) is 2. The van der Waals surface area contributed by atoms with E-state index in [9.17, 15) is 0 Å². The molecule has 0 aliphatic carbocycles. The fraction of sp³-hybridized carbons (Fsp3) is 0.118. The van der Waals surface area contributed by atoms with Crippen LogP contribution in [0.15, 0.2) is 64.0 Å². The summed E-state index contributed by atoms with van der Waals surface area (Å²) in [4.78, 5) is 4.34. The van der Waals surface area contributed by atoms with Gasteiger partial charge in [-0.1, -0.05) is 36.4 Å². The molecule has 3 N–H and O–H groups in total. The third-order valence-corrected chi connectivity index (χ3v) is 3.38. The van der Waals surface area contributed by atoms with E-state index in [1.807, 2.05) is 61.5 Å². The number of para-hydroxylation sites is 2. The monoisotopic (exact) mass is 407 g/mol. The van der Waals surface area contributed by atoms with Crippen LogP contribution in [0.1, 0.15) is 11.3 Å². The average molecular weight is 407 g/mol. The van der Waals surface area contributed by atoms with Gasteiger partial charge in [0, 0.05) is 16.6 Å². The number of guanidine groups is 1. The van der Waals surface area contributed by atoms with Crippen molar-refractivity contribution in [3.63, 3.8) is 0 Å². The first-order valence-corrected chi connectivity index (χ1v) is 6.83. The highest BCUT2D eigenvalue weighted by Gasteiger charge is 2.09. The number of anilines is 1. The average Bonchev–Trinajstić information content (AvgIpc) is 2.83. The molecule has 0 atom stereocenters. The third-order valence-electron chi connectivity index (χ3n) is 3.38. The van der Waals surface area contributed by atoms with E-state index in [1.54, 1.807) is 0 Å². The SMILES string of the molecule is Cc1c(CN=C(N)Nc2ccccc2)oc2ccccc12.I. The predicted octanol–water partition coefficient (Wildman–Crippen LogP) is 4.29. The highest BCUT2D eigenvalue weighted by Crippen LogP contribution is 2.25. The van der Waals surface area contributed by atoms with E-state index >= 15 is 0 Å². The lowest BCUT2D eigenvalue weighted by molar-refractivity contribution is 0.549. The van der Waals surface area contributed by atoms with Crippen molar-refractivity contribution in [2.24, 2.45) is 10.7 Å². The minimum Gasteiger partial charge on any atom is -0.459 e. The van der Waals surface area contributed by atoms with Crippen LogP contribution >= 0.6 is 24.0 Å². The Kier molecular flexibility index (Phi) is 5.43. The van der Waals surface area contributed by atoms with Gasteiger partial charge in [0.15, 0.2) is 5.96 Å². The molecule has 0 aliphatic heterocycles.